The molecule has 0 aliphatic carbocycles. The summed E-state index contributed by atoms with van der Waals surface area (Å²) < 4.78 is 41.0. The minimum absolute atomic E-state index is 0.0878. The summed E-state index contributed by atoms with van der Waals surface area (Å²) in [6.45, 7) is 0.757. The van der Waals surface area contributed by atoms with Gasteiger partial charge in [-0.05, 0) is 24.6 Å². The first kappa shape index (κ1) is 14.4. The second kappa shape index (κ2) is 5.97. The summed E-state index contributed by atoms with van der Waals surface area (Å²) in [5, 5.41) is 7.39. The molecule has 1 aromatic carbocycles. The highest BCUT2D eigenvalue weighted by Gasteiger charge is 2.14. The molecule has 0 bridgehead atoms. The van der Waals surface area contributed by atoms with Gasteiger partial charge >= 0.3 is 0 Å². The average molecular weight is 299 g/mol. The molecule has 0 spiro atoms. The van der Waals surface area contributed by atoms with Gasteiger partial charge in [0.15, 0.2) is 0 Å². The molecule has 0 amide bonds. The van der Waals surface area contributed by atoms with E-state index in [1.165, 1.54) is 12.1 Å². The number of nitrogen functional groups attached to an aromatic ring is 1. The van der Waals surface area contributed by atoms with E-state index in [0.29, 0.717) is 13.0 Å². The summed E-state index contributed by atoms with van der Waals surface area (Å²) in [6, 6.07) is 3.38. The van der Waals surface area contributed by atoms with Crippen LogP contribution < -0.4 is 10.5 Å². The quantitative estimate of drug-likeness (QED) is 0.592. The van der Waals surface area contributed by atoms with Crippen molar-refractivity contribution in [2.45, 2.75) is 17.9 Å². The molecule has 0 radical (unpaired) electrons. The monoisotopic (exact) mass is 299 g/mol. The zero-order valence-electron chi connectivity index (χ0n) is 10.5. The lowest BCUT2D eigenvalue weighted by Gasteiger charge is -2.07. The maximum Gasteiger partial charge on any atom is 0.240 e. The van der Waals surface area contributed by atoms with Crippen LogP contribution in [-0.4, -0.2) is 30.0 Å². The molecule has 108 valence electrons. The fourth-order valence-corrected chi connectivity index (χ4v) is 2.64. The number of halogens is 1. The first-order valence-electron chi connectivity index (χ1n) is 5.88. The third kappa shape index (κ3) is 3.52. The molecule has 2 aromatic rings. The third-order valence-corrected chi connectivity index (χ3v) is 4.07. The summed E-state index contributed by atoms with van der Waals surface area (Å²) in [6.07, 6.45) is 3.77. The zero-order chi connectivity index (χ0) is 14.6. The maximum absolute atomic E-state index is 13.2. The fraction of sp³-hybridized carbons (Fsp3) is 0.273. The number of nitrogens with one attached hydrogen (secondary N) is 1. The number of hydrogen-bond acceptors (Lipinski definition) is 5. The second-order valence-corrected chi connectivity index (χ2v) is 5.87. The van der Waals surface area contributed by atoms with Crippen molar-refractivity contribution in [1.82, 2.24) is 19.7 Å². The van der Waals surface area contributed by atoms with E-state index in [1.807, 2.05) is 0 Å². The SMILES string of the molecule is Nc1ccc(S(=O)(=O)NCCCn2ccnn2)cc1F. The van der Waals surface area contributed by atoms with E-state index in [0.717, 1.165) is 6.07 Å². The third-order valence-electron chi connectivity index (χ3n) is 2.61. The van der Waals surface area contributed by atoms with Crippen molar-refractivity contribution < 1.29 is 12.8 Å². The van der Waals surface area contributed by atoms with Crippen LogP contribution in [0.4, 0.5) is 10.1 Å². The van der Waals surface area contributed by atoms with Crippen LogP contribution in [0, 0.1) is 5.82 Å². The number of nitrogens with zero attached hydrogens (tertiary/aromatic N) is 3. The number of aromatic nitrogens is 3. The molecule has 0 fully saturated rings. The highest BCUT2D eigenvalue weighted by atomic mass is 32.2. The zero-order valence-corrected chi connectivity index (χ0v) is 11.3. The van der Waals surface area contributed by atoms with Crippen LogP contribution >= 0.6 is 0 Å². The Morgan fingerprint density at radius 3 is 2.85 bits per heavy atom. The number of aryl methyl sites for hydroxylation is 1. The van der Waals surface area contributed by atoms with Gasteiger partial charge in [0.2, 0.25) is 10.0 Å². The molecule has 20 heavy (non-hydrogen) atoms. The van der Waals surface area contributed by atoms with Crippen molar-refractivity contribution in [3.05, 3.63) is 36.4 Å². The van der Waals surface area contributed by atoms with Crippen LogP contribution in [-0.2, 0) is 16.6 Å². The number of benzene rings is 1. The number of sulfonamides is 1. The largest absolute Gasteiger partial charge is 0.396 e. The smallest absolute Gasteiger partial charge is 0.240 e. The van der Waals surface area contributed by atoms with Gasteiger partial charge in [-0.25, -0.2) is 17.5 Å². The van der Waals surface area contributed by atoms with Crippen LogP contribution in [0.15, 0.2) is 35.5 Å². The lowest BCUT2D eigenvalue weighted by Crippen LogP contribution is -2.25. The van der Waals surface area contributed by atoms with Crippen molar-refractivity contribution in [3.8, 4) is 0 Å². The van der Waals surface area contributed by atoms with Gasteiger partial charge in [0.25, 0.3) is 0 Å². The van der Waals surface area contributed by atoms with Crippen LogP contribution in [0.2, 0.25) is 0 Å². The summed E-state index contributed by atoms with van der Waals surface area (Å²) in [7, 11) is -3.73. The second-order valence-electron chi connectivity index (χ2n) is 4.10. The van der Waals surface area contributed by atoms with E-state index in [4.69, 9.17) is 5.73 Å². The molecule has 1 aromatic heterocycles. The standard InChI is InChI=1S/C11H14FN5O2S/c12-10-8-9(2-3-11(10)13)20(18,19)15-4-1-6-17-7-5-14-16-17/h2-3,5,7-8,15H,1,4,6,13H2. The Bertz CT molecular complexity index is 672. The molecule has 2 rings (SSSR count). The van der Waals surface area contributed by atoms with Crippen LogP contribution in [0.3, 0.4) is 0 Å². The Labute approximate surface area is 115 Å². The molecular formula is C11H14FN5O2S. The molecule has 3 N–H and O–H groups in total. The highest BCUT2D eigenvalue weighted by Crippen LogP contribution is 2.15. The van der Waals surface area contributed by atoms with Crippen LogP contribution in [0.1, 0.15) is 6.42 Å². The minimum atomic E-state index is -3.73. The van der Waals surface area contributed by atoms with Crippen LogP contribution in [0.5, 0.6) is 0 Å². The van der Waals surface area contributed by atoms with Crippen molar-refractivity contribution in [3.63, 3.8) is 0 Å². The number of rotatable bonds is 6. The number of anilines is 1. The van der Waals surface area contributed by atoms with Gasteiger partial charge in [-0.2, -0.15) is 0 Å². The first-order valence-corrected chi connectivity index (χ1v) is 7.36. The normalized spacial score (nSPS) is 11.7. The summed E-state index contributed by atoms with van der Waals surface area (Å²) in [5.41, 5.74) is 5.21. The van der Waals surface area contributed by atoms with Gasteiger partial charge in [0.05, 0.1) is 16.8 Å². The Hall–Kier alpha value is -2.00. The minimum Gasteiger partial charge on any atom is -0.396 e. The van der Waals surface area contributed by atoms with E-state index in [2.05, 4.69) is 15.0 Å². The molecular weight excluding hydrogens is 285 g/mol. The Morgan fingerprint density at radius 1 is 1.40 bits per heavy atom. The first-order chi connectivity index (χ1) is 9.49. The molecule has 0 saturated heterocycles. The van der Waals surface area contributed by atoms with E-state index < -0.39 is 15.8 Å². The van der Waals surface area contributed by atoms with Gasteiger partial charge < -0.3 is 5.73 Å². The molecule has 1 heterocycles. The number of nitrogens with two attached hydrogens (primary N) is 1. The Kier molecular flexibility index (Phi) is 4.30. The van der Waals surface area contributed by atoms with Gasteiger partial charge in [-0.15, -0.1) is 5.10 Å². The summed E-state index contributed by atoms with van der Waals surface area (Å²) >= 11 is 0. The molecule has 7 nitrogen and oxygen atoms in total. The topological polar surface area (TPSA) is 103 Å². The predicted molar refractivity (Wildman–Crippen MR) is 70.6 cm³/mol. The van der Waals surface area contributed by atoms with Gasteiger partial charge in [-0.3, -0.25) is 4.68 Å². The van der Waals surface area contributed by atoms with Crippen LogP contribution in [0.25, 0.3) is 0 Å². The lowest BCUT2D eigenvalue weighted by atomic mass is 10.3. The van der Waals surface area contributed by atoms with E-state index in [9.17, 15) is 12.8 Å². The maximum atomic E-state index is 13.2. The lowest BCUT2D eigenvalue weighted by molar-refractivity contribution is 0.541. The molecule has 0 aliphatic heterocycles. The molecule has 0 saturated carbocycles. The van der Waals surface area contributed by atoms with E-state index >= 15 is 0 Å². The molecule has 0 unspecified atom stereocenters. The fourth-order valence-electron chi connectivity index (χ4n) is 1.56. The van der Waals surface area contributed by atoms with Gasteiger partial charge in [0, 0.05) is 19.3 Å². The summed E-state index contributed by atoms with van der Waals surface area (Å²) in [5.74, 6) is -0.754. The molecule has 0 aliphatic rings. The predicted octanol–water partition coefficient (Wildman–Crippen LogP) is 0.368. The number of hydrogen-bond donors (Lipinski definition) is 2. The van der Waals surface area contributed by atoms with Crippen molar-refractivity contribution in [2.75, 3.05) is 12.3 Å². The van der Waals surface area contributed by atoms with Gasteiger partial charge in [0.1, 0.15) is 5.82 Å². The highest BCUT2D eigenvalue weighted by molar-refractivity contribution is 7.89. The molecule has 9 heteroatoms. The Balaban J connectivity index is 1.92. The molecule has 0 atom stereocenters. The average Bonchev–Trinajstić information content (AvgIpc) is 2.91. The van der Waals surface area contributed by atoms with Crippen molar-refractivity contribution in [2.24, 2.45) is 0 Å². The Morgan fingerprint density at radius 2 is 2.20 bits per heavy atom. The van der Waals surface area contributed by atoms with Gasteiger partial charge in [-0.1, -0.05) is 5.21 Å². The van der Waals surface area contributed by atoms with Crippen molar-refractivity contribution in [1.29, 1.82) is 0 Å². The van der Waals surface area contributed by atoms with E-state index in [-0.39, 0.29) is 17.1 Å². The van der Waals surface area contributed by atoms with Crippen molar-refractivity contribution >= 4 is 15.7 Å². The summed E-state index contributed by atoms with van der Waals surface area (Å²) in [4.78, 5) is -0.148. The van der Waals surface area contributed by atoms with E-state index in [1.54, 1.807) is 17.1 Å².